The molecule has 8 nitrogen and oxygen atoms in total. The van der Waals surface area contributed by atoms with Crippen molar-refractivity contribution in [1.29, 1.82) is 1.43 Å². The van der Waals surface area contributed by atoms with Gasteiger partial charge in [0.05, 0.1) is 17.5 Å². The number of benzene rings is 2. The maximum absolute atomic E-state index is 13.1. The highest BCUT2D eigenvalue weighted by Gasteiger charge is 2.32. The van der Waals surface area contributed by atoms with Crippen molar-refractivity contribution in [3.8, 4) is 0 Å². The summed E-state index contributed by atoms with van der Waals surface area (Å²) in [5.74, 6) is -0.430. The fraction of sp³-hybridized carbons (Fsp3) is 0.500. The Morgan fingerprint density at radius 3 is 2.16 bits per heavy atom. The lowest BCUT2D eigenvalue weighted by Crippen LogP contribution is -2.36. The molecule has 0 saturated heterocycles. The molecule has 10 heteroatoms. The van der Waals surface area contributed by atoms with Gasteiger partial charge in [-0.1, -0.05) is 0 Å². The van der Waals surface area contributed by atoms with Crippen LogP contribution in [0.25, 0.3) is 4.85 Å². The average Bonchev–Trinajstić information content (AvgIpc) is 2.91. The van der Waals surface area contributed by atoms with Gasteiger partial charge in [0.1, 0.15) is 6.61 Å². The van der Waals surface area contributed by atoms with E-state index >= 15 is 0 Å². The lowest BCUT2D eigenvalue weighted by molar-refractivity contribution is 0.0630. The second-order valence-electron chi connectivity index (χ2n) is 9.33. The zero-order valence-corrected chi connectivity index (χ0v) is 24.7. The van der Waals surface area contributed by atoms with Crippen LogP contribution in [0.3, 0.4) is 0 Å². The van der Waals surface area contributed by atoms with Crippen molar-refractivity contribution < 1.29 is 19.0 Å². The number of aliphatic hydroxyl groups excluding tert-OH is 1. The van der Waals surface area contributed by atoms with Gasteiger partial charge in [0.2, 0.25) is 7.98 Å². The molecule has 1 unspecified atom stereocenters. The Hall–Kier alpha value is -2.18. The second-order valence-corrected chi connectivity index (χ2v) is 11.6. The molecule has 2 aromatic carbocycles. The summed E-state index contributed by atoms with van der Waals surface area (Å²) in [6, 6.07) is 15.1. The summed E-state index contributed by atoms with van der Waals surface area (Å²) in [6.07, 6.45) is 1.76. The van der Waals surface area contributed by atoms with E-state index in [-0.39, 0.29) is 50.0 Å². The van der Waals surface area contributed by atoms with Gasteiger partial charge in [0, 0.05) is 41.5 Å². The van der Waals surface area contributed by atoms with E-state index in [0.29, 0.717) is 11.3 Å². The molecule has 38 heavy (non-hydrogen) atoms. The summed E-state index contributed by atoms with van der Waals surface area (Å²) < 4.78 is 21.8. The number of hydrogen-bond acceptors (Lipinski definition) is 8. The number of rotatable bonds is 17. The van der Waals surface area contributed by atoms with E-state index in [9.17, 15) is 4.79 Å². The molecular weight excluding hydrogens is 519 g/mol. The highest BCUT2D eigenvalue weighted by atomic mass is 32.2. The molecule has 0 aliphatic carbocycles. The Morgan fingerprint density at radius 2 is 1.66 bits per heavy atom. The first kappa shape index (κ1) is 30.4. The van der Waals surface area contributed by atoms with Gasteiger partial charge in [-0.25, -0.2) is 11.2 Å². The SMILES string of the molecule is [2H]OC[C@H](CC(=O)c1ccc(N=Nc2ccc(SC)cc2)cc1)[C@H](C)OP(OCC[N+]#[C-])N(C(C)C)C(C)C. The standard InChI is InChI=1S/C28H39N4O4PS/c1-20(2)32(21(3)4)37(35-17-16-29-6)36-22(5)24(19-33)18-28(34)23-8-10-25(11-9-23)30-31-26-12-14-27(38-7)15-13-26/h8-15,20-22,24,33H,16-19H2,1-5,7H3/t22-,24-,37?/m0/s1/i33D. The second kappa shape index (κ2) is 16.7. The number of carbonyl (C=O) groups is 1. The molecule has 0 heterocycles. The minimum absolute atomic E-state index is 0.0448. The summed E-state index contributed by atoms with van der Waals surface area (Å²) in [4.78, 5) is 17.7. The van der Waals surface area contributed by atoms with Crippen LogP contribution >= 0.6 is 20.3 Å². The average molecular weight is 560 g/mol. The minimum atomic E-state index is -1.47. The maximum Gasteiger partial charge on any atom is 0.259 e. The van der Waals surface area contributed by atoms with Gasteiger partial charge in [-0.3, -0.25) is 4.79 Å². The van der Waals surface area contributed by atoms with Crippen molar-refractivity contribution in [2.45, 2.75) is 64.1 Å². The quantitative estimate of drug-likeness (QED) is 0.0534. The van der Waals surface area contributed by atoms with Crippen LogP contribution in [0.15, 0.2) is 63.7 Å². The molecule has 0 bridgehead atoms. The zero-order valence-electron chi connectivity index (χ0n) is 24.0. The molecule has 206 valence electrons. The maximum atomic E-state index is 13.1. The number of hydrogen-bond donors (Lipinski definition) is 1. The molecule has 0 spiro atoms. The third kappa shape index (κ3) is 10.2. The van der Waals surface area contributed by atoms with Gasteiger partial charge in [-0.2, -0.15) is 10.2 Å². The van der Waals surface area contributed by atoms with Crippen molar-refractivity contribution in [3.63, 3.8) is 0 Å². The van der Waals surface area contributed by atoms with Gasteiger partial charge in [-0.05, 0) is 89.4 Å². The van der Waals surface area contributed by atoms with Gasteiger partial charge in [0.15, 0.2) is 5.78 Å². The predicted octanol–water partition coefficient (Wildman–Crippen LogP) is 7.69. The van der Waals surface area contributed by atoms with E-state index < -0.39 is 14.6 Å². The van der Waals surface area contributed by atoms with Crippen LogP contribution in [0.5, 0.6) is 0 Å². The van der Waals surface area contributed by atoms with Gasteiger partial charge >= 0.3 is 0 Å². The first-order valence-corrected chi connectivity index (χ1v) is 15.0. The van der Waals surface area contributed by atoms with Gasteiger partial charge < -0.3 is 19.0 Å². The summed E-state index contributed by atoms with van der Waals surface area (Å²) >= 11 is 1.67. The van der Waals surface area contributed by atoms with Crippen LogP contribution < -0.4 is 0 Å². The molecular formula is C28H39N4O4PS. The van der Waals surface area contributed by atoms with Crippen LogP contribution in [0.2, 0.25) is 0 Å². The Kier molecular flexibility index (Phi) is 13.4. The van der Waals surface area contributed by atoms with Crippen molar-refractivity contribution in [3.05, 3.63) is 65.5 Å². The predicted molar refractivity (Wildman–Crippen MR) is 155 cm³/mol. The Bertz CT molecular complexity index is 1070. The number of Topliss-reactive ketones (excluding diaryl/α,β-unsaturated/α-hetero) is 1. The third-order valence-electron chi connectivity index (χ3n) is 5.78. The van der Waals surface area contributed by atoms with Gasteiger partial charge in [0.25, 0.3) is 8.53 Å². The molecule has 2 aromatic rings. The molecule has 0 aromatic heterocycles. The number of azo groups is 1. The zero-order chi connectivity index (χ0) is 28.8. The van der Waals surface area contributed by atoms with Crippen molar-refractivity contribution in [2.24, 2.45) is 16.1 Å². The van der Waals surface area contributed by atoms with E-state index in [0.717, 1.165) is 10.6 Å². The number of aliphatic hydroxyl groups is 1. The van der Waals surface area contributed by atoms with E-state index in [4.69, 9.17) is 22.2 Å². The Labute approximate surface area is 234 Å². The van der Waals surface area contributed by atoms with Crippen LogP contribution in [-0.4, -0.2) is 61.2 Å². The van der Waals surface area contributed by atoms with Crippen molar-refractivity contribution in [1.82, 2.24) is 4.67 Å². The van der Waals surface area contributed by atoms with E-state index in [1.165, 1.54) is 0 Å². The van der Waals surface area contributed by atoms with E-state index in [2.05, 4.69) is 47.4 Å². The van der Waals surface area contributed by atoms with E-state index in [1.807, 2.05) is 37.4 Å². The van der Waals surface area contributed by atoms with Crippen LogP contribution in [0.4, 0.5) is 11.4 Å². The van der Waals surface area contributed by atoms with E-state index in [1.54, 1.807) is 36.0 Å². The molecule has 1 N–H and O–H groups in total. The molecule has 0 aliphatic rings. The highest BCUT2D eigenvalue weighted by molar-refractivity contribution is 7.98. The topological polar surface area (TPSA) is 88.1 Å². The number of thioether (sulfide) groups is 1. The molecule has 0 fully saturated rings. The fourth-order valence-electron chi connectivity index (χ4n) is 3.71. The molecule has 0 saturated carbocycles. The van der Waals surface area contributed by atoms with Crippen molar-refractivity contribution in [2.75, 3.05) is 26.0 Å². The minimum Gasteiger partial charge on any atom is -0.396 e. The summed E-state index contributed by atoms with van der Waals surface area (Å²) in [5.41, 5.74) is 1.95. The summed E-state index contributed by atoms with van der Waals surface area (Å²) in [5, 5.41) is 13.2. The summed E-state index contributed by atoms with van der Waals surface area (Å²) in [6.45, 7) is 17.8. The lowest BCUT2D eigenvalue weighted by Gasteiger charge is -2.37. The Morgan fingerprint density at radius 1 is 1.08 bits per heavy atom. The summed E-state index contributed by atoms with van der Waals surface area (Å²) in [7, 11) is -1.47. The highest BCUT2D eigenvalue weighted by Crippen LogP contribution is 2.48. The monoisotopic (exact) mass is 559 g/mol. The fourth-order valence-corrected chi connectivity index (χ4v) is 5.87. The smallest absolute Gasteiger partial charge is 0.259 e. The van der Waals surface area contributed by atoms with Crippen LogP contribution in [0.1, 0.15) is 51.4 Å². The Balaban J connectivity index is 2.08. The third-order valence-corrected chi connectivity index (χ3v) is 8.74. The van der Waals surface area contributed by atoms with Crippen molar-refractivity contribution >= 4 is 37.4 Å². The molecule has 2 rings (SSSR count). The normalized spacial score (nSPS) is 14.6. The first-order valence-electron chi connectivity index (χ1n) is 13.1. The lowest BCUT2D eigenvalue weighted by atomic mass is 9.95. The molecule has 3 atom stereocenters. The first-order chi connectivity index (χ1) is 18.7. The largest absolute Gasteiger partial charge is 0.396 e. The molecule has 0 radical (unpaired) electrons. The number of ketones is 1. The van der Waals surface area contributed by atoms with Gasteiger partial charge in [-0.15, -0.1) is 11.8 Å². The van der Waals surface area contributed by atoms with Crippen LogP contribution in [-0.2, 0) is 9.05 Å². The molecule has 0 aliphatic heterocycles. The number of carbonyl (C=O) groups excluding carboxylic acids is 1. The molecule has 0 amide bonds. The number of nitrogens with zero attached hydrogens (tertiary/aromatic N) is 4. The van der Waals surface area contributed by atoms with Crippen LogP contribution in [0, 0.1) is 12.5 Å².